The van der Waals surface area contributed by atoms with Gasteiger partial charge in [0.25, 0.3) is 5.91 Å². The highest BCUT2D eigenvalue weighted by Crippen LogP contribution is 2.16. The van der Waals surface area contributed by atoms with Gasteiger partial charge in [0, 0.05) is 20.2 Å². The molecule has 1 heterocycles. The topological polar surface area (TPSA) is 112 Å². The molecule has 2 rings (SSSR count). The molecule has 9 nitrogen and oxygen atoms in total. The maximum atomic E-state index is 12.4. The molecule has 0 atom stereocenters. The maximum Gasteiger partial charge on any atom is 0.433 e. The number of esters is 1. The summed E-state index contributed by atoms with van der Waals surface area (Å²) in [5.41, 5.74) is 0.921. The first kappa shape index (κ1) is 19.1. The van der Waals surface area contributed by atoms with Gasteiger partial charge in [-0.2, -0.15) is 0 Å². The lowest BCUT2D eigenvalue weighted by atomic mass is 10.2. The molecule has 1 aromatic carbocycles. The Bertz CT molecular complexity index is 757. The van der Waals surface area contributed by atoms with E-state index in [4.69, 9.17) is 13.9 Å². The Balaban J connectivity index is 1.94. The molecule has 2 aromatic rings. The number of benzene rings is 1. The van der Waals surface area contributed by atoms with Crippen molar-refractivity contribution >= 4 is 17.8 Å². The molecular formula is C17H18N2O7. The standard InChI is InChI=1S/C17H18N2O7/c1-24-10-9-18(11-13-5-3-2-4-6-13)15(20)12-25-17(21)14-7-8-16(26-14)19(22)23/h2-8H,9-12H2,1H3. The van der Waals surface area contributed by atoms with Gasteiger partial charge in [-0.3, -0.25) is 14.9 Å². The van der Waals surface area contributed by atoms with Crippen LogP contribution in [0.25, 0.3) is 0 Å². The van der Waals surface area contributed by atoms with Crippen LogP contribution in [0, 0.1) is 10.1 Å². The molecule has 0 radical (unpaired) electrons. The van der Waals surface area contributed by atoms with Gasteiger partial charge in [-0.15, -0.1) is 0 Å². The molecule has 1 amide bonds. The van der Waals surface area contributed by atoms with Crippen LogP contribution in [0.1, 0.15) is 16.1 Å². The second-order valence-corrected chi connectivity index (χ2v) is 5.26. The lowest BCUT2D eigenvalue weighted by Gasteiger charge is -2.22. The van der Waals surface area contributed by atoms with Crippen molar-refractivity contribution < 1.29 is 28.4 Å². The fourth-order valence-corrected chi connectivity index (χ4v) is 2.12. The summed E-state index contributed by atoms with van der Waals surface area (Å²) in [7, 11) is 1.52. The molecule has 0 aliphatic rings. The van der Waals surface area contributed by atoms with E-state index in [0.717, 1.165) is 17.7 Å². The Kier molecular flexibility index (Phi) is 6.86. The van der Waals surface area contributed by atoms with Crippen molar-refractivity contribution in [3.05, 3.63) is 63.9 Å². The van der Waals surface area contributed by atoms with Gasteiger partial charge in [-0.1, -0.05) is 30.3 Å². The van der Waals surface area contributed by atoms with Crippen LogP contribution >= 0.6 is 0 Å². The van der Waals surface area contributed by atoms with Crippen LogP contribution in [0.5, 0.6) is 0 Å². The number of nitrogens with zero attached hydrogens (tertiary/aromatic N) is 2. The largest absolute Gasteiger partial charge is 0.450 e. The number of methoxy groups -OCH3 is 1. The molecule has 0 bridgehead atoms. The SMILES string of the molecule is COCCN(Cc1ccccc1)C(=O)COC(=O)c1ccc([N+](=O)[O-])o1. The Morgan fingerprint density at radius 1 is 1.19 bits per heavy atom. The number of rotatable bonds is 9. The number of carbonyl (C=O) groups excluding carboxylic acids is 2. The van der Waals surface area contributed by atoms with E-state index in [1.54, 1.807) is 0 Å². The third-order valence-corrected chi connectivity index (χ3v) is 3.43. The Hall–Kier alpha value is -3.20. The van der Waals surface area contributed by atoms with Crippen LogP contribution in [0.3, 0.4) is 0 Å². The molecule has 138 valence electrons. The maximum absolute atomic E-state index is 12.4. The second-order valence-electron chi connectivity index (χ2n) is 5.26. The summed E-state index contributed by atoms with van der Waals surface area (Å²) in [5, 5.41) is 10.6. The first-order chi connectivity index (χ1) is 12.5. The van der Waals surface area contributed by atoms with Crippen LogP contribution in [0.15, 0.2) is 46.9 Å². The van der Waals surface area contributed by atoms with Crippen molar-refractivity contribution in [3.63, 3.8) is 0 Å². The summed E-state index contributed by atoms with van der Waals surface area (Å²) in [6.45, 7) is 0.488. The van der Waals surface area contributed by atoms with E-state index in [0.29, 0.717) is 19.7 Å². The summed E-state index contributed by atoms with van der Waals surface area (Å²) >= 11 is 0. The molecule has 0 unspecified atom stereocenters. The van der Waals surface area contributed by atoms with E-state index in [1.807, 2.05) is 30.3 Å². The van der Waals surface area contributed by atoms with Crippen molar-refractivity contribution in [2.75, 3.05) is 26.9 Å². The molecule has 0 saturated heterocycles. The van der Waals surface area contributed by atoms with E-state index >= 15 is 0 Å². The Morgan fingerprint density at radius 2 is 1.92 bits per heavy atom. The zero-order chi connectivity index (χ0) is 18.9. The molecular weight excluding hydrogens is 344 g/mol. The van der Waals surface area contributed by atoms with Crippen LogP contribution in [-0.4, -0.2) is 48.6 Å². The third-order valence-electron chi connectivity index (χ3n) is 3.43. The number of carbonyl (C=O) groups is 2. The quantitative estimate of drug-likeness (QED) is 0.381. The minimum Gasteiger partial charge on any atom is -0.450 e. The molecule has 0 aliphatic carbocycles. The van der Waals surface area contributed by atoms with Gasteiger partial charge >= 0.3 is 11.9 Å². The molecule has 0 spiro atoms. The molecule has 1 aromatic heterocycles. The Labute approximate surface area is 149 Å². The number of nitro groups is 1. The monoisotopic (exact) mass is 362 g/mol. The first-order valence-electron chi connectivity index (χ1n) is 7.73. The highest BCUT2D eigenvalue weighted by Gasteiger charge is 2.21. The van der Waals surface area contributed by atoms with E-state index in [-0.39, 0.29) is 5.76 Å². The summed E-state index contributed by atoms with van der Waals surface area (Å²) in [6, 6.07) is 11.5. The molecule has 9 heteroatoms. The average molecular weight is 362 g/mol. The molecule has 0 aliphatic heterocycles. The predicted octanol–water partition coefficient (Wildman–Crippen LogP) is 2.02. The Morgan fingerprint density at radius 3 is 2.54 bits per heavy atom. The van der Waals surface area contributed by atoms with E-state index in [1.165, 1.54) is 12.0 Å². The van der Waals surface area contributed by atoms with Crippen molar-refractivity contribution in [1.82, 2.24) is 4.90 Å². The average Bonchev–Trinajstić information content (AvgIpc) is 3.14. The minimum atomic E-state index is -0.946. The first-order valence-corrected chi connectivity index (χ1v) is 7.73. The van der Waals surface area contributed by atoms with Gasteiger partial charge in [-0.05, 0) is 11.6 Å². The number of ether oxygens (including phenoxy) is 2. The highest BCUT2D eigenvalue weighted by atomic mass is 16.7. The van der Waals surface area contributed by atoms with Crippen molar-refractivity contribution in [2.24, 2.45) is 0 Å². The van der Waals surface area contributed by atoms with Gasteiger partial charge in [0.1, 0.15) is 4.92 Å². The molecule has 0 N–H and O–H groups in total. The predicted molar refractivity (Wildman–Crippen MR) is 89.4 cm³/mol. The zero-order valence-corrected chi connectivity index (χ0v) is 14.1. The number of hydrogen-bond donors (Lipinski definition) is 0. The van der Waals surface area contributed by atoms with Crippen LogP contribution in [0.2, 0.25) is 0 Å². The molecule has 26 heavy (non-hydrogen) atoms. The van der Waals surface area contributed by atoms with Gasteiger partial charge in [0.05, 0.1) is 12.7 Å². The molecule has 0 fully saturated rings. The molecule has 0 saturated carbocycles. The minimum absolute atomic E-state index is 0.327. The highest BCUT2D eigenvalue weighted by molar-refractivity contribution is 5.89. The van der Waals surface area contributed by atoms with Crippen molar-refractivity contribution in [3.8, 4) is 0 Å². The summed E-state index contributed by atoms with van der Waals surface area (Å²) in [4.78, 5) is 35.5. The number of furan rings is 1. The fraction of sp³-hybridized carbons (Fsp3) is 0.294. The van der Waals surface area contributed by atoms with Crippen LogP contribution < -0.4 is 0 Å². The fourth-order valence-electron chi connectivity index (χ4n) is 2.12. The normalized spacial score (nSPS) is 10.3. The van der Waals surface area contributed by atoms with Gasteiger partial charge < -0.3 is 18.8 Å². The summed E-state index contributed by atoms with van der Waals surface area (Å²) < 4.78 is 14.6. The number of amides is 1. The van der Waals surface area contributed by atoms with Gasteiger partial charge in [0.2, 0.25) is 5.76 Å². The van der Waals surface area contributed by atoms with Crippen LogP contribution in [0.4, 0.5) is 5.88 Å². The van der Waals surface area contributed by atoms with Gasteiger partial charge in [-0.25, -0.2) is 4.79 Å². The lowest BCUT2D eigenvalue weighted by molar-refractivity contribution is -0.402. The smallest absolute Gasteiger partial charge is 0.433 e. The number of hydrogen-bond acceptors (Lipinski definition) is 7. The third kappa shape index (κ3) is 5.42. The second kappa shape index (κ2) is 9.33. The zero-order valence-electron chi connectivity index (χ0n) is 14.1. The van der Waals surface area contributed by atoms with E-state index < -0.39 is 29.3 Å². The van der Waals surface area contributed by atoms with Crippen molar-refractivity contribution in [1.29, 1.82) is 0 Å². The van der Waals surface area contributed by atoms with E-state index in [2.05, 4.69) is 0 Å². The lowest BCUT2D eigenvalue weighted by Crippen LogP contribution is -2.36. The van der Waals surface area contributed by atoms with Crippen LogP contribution in [-0.2, 0) is 20.8 Å². The van der Waals surface area contributed by atoms with Gasteiger partial charge in [0.15, 0.2) is 6.61 Å². The van der Waals surface area contributed by atoms with E-state index in [9.17, 15) is 19.7 Å². The summed E-state index contributed by atoms with van der Waals surface area (Å²) in [5.74, 6) is -2.27. The summed E-state index contributed by atoms with van der Waals surface area (Å²) in [6.07, 6.45) is 0. The van der Waals surface area contributed by atoms with Crippen molar-refractivity contribution in [2.45, 2.75) is 6.54 Å².